The topological polar surface area (TPSA) is 0 Å². The predicted octanol–water partition coefficient (Wildman–Crippen LogP) is 4.19. The largest absolute Gasteiger partial charge is 0.103 e. The van der Waals surface area contributed by atoms with Gasteiger partial charge in [-0.3, -0.25) is 0 Å². The zero-order valence-corrected chi connectivity index (χ0v) is 8.93. The van der Waals surface area contributed by atoms with E-state index in [4.69, 9.17) is 0 Å². The van der Waals surface area contributed by atoms with Crippen LogP contribution in [-0.2, 0) is 0 Å². The lowest BCUT2D eigenvalue weighted by atomic mass is 9.90. The van der Waals surface area contributed by atoms with Gasteiger partial charge in [0.15, 0.2) is 0 Å². The Kier molecular flexibility index (Phi) is 5.79. The lowest BCUT2D eigenvalue weighted by Gasteiger charge is -2.16. The summed E-state index contributed by atoms with van der Waals surface area (Å²) in [6.45, 7) is 12.7. The van der Waals surface area contributed by atoms with Gasteiger partial charge in [0.25, 0.3) is 0 Å². The zero-order chi connectivity index (χ0) is 9.56. The van der Waals surface area contributed by atoms with E-state index < -0.39 is 0 Å². The Labute approximate surface area is 77.4 Å². The van der Waals surface area contributed by atoms with Crippen molar-refractivity contribution in [2.24, 2.45) is 11.8 Å². The summed E-state index contributed by atoms with van der Waals surface area (Å²) in [5.41, 5.74) is 1.42. The van der Waals surface area contributed by atoms with Crippen LogP contribution >= 0.6 is 0 Å². The highest BCUT2D eigenvalue weighted by atomic mass is 14.1. The third-order valence-corrected chi connectivity index (χ3v) is 2.41. The van der Waals surface area contributed by atoms with Gasteiger partial charge in [-0.15, -0.1) is 6.58 Å². The molecule has 0 bridgehead atoms. The fraction of sp³-hybridized carbons (Fsp3) is 0.667. The number of hydrogen-bond acceptors (Lipinski definition) is 0. The Morgan fingerprint density at radius 2 is 1.67 bits per heavy atom. The van der Waals surface area contributed by atoms with Crippen molar-refractivity contribution in [1.82, 2.24) is 0 Å². The minimum Gasteiger partial charge on any atom is -0.103 e. The van der Waals surface area contributed by atoms with Gasteiger partial charge in [0.1, 0.15) is 0 Å². The number of allylic oxidation sites excluding steroid dienone is 3. The molecule has 0 aromatic carbocycles. The smallest absolute Gasteiger partial charge is 0.0320 e. The molecule has 0 heterocycles. The summed E-state index contributed by atoms with van der Waals surface area (Å²) >= 11 is 0. The van der Waals surface area contributed by atoms with Gasteiger partial charge in [0, 0.05) is 0 Å². The van der Waals surface area contributed by atoms with Gasteiger partial charge in [0.2, 0.25) is 0 Å². The molecule has 0 aromatic heterocycles. The van der Waals surface area contributed by atoms with Crippen LogP contribution in [0.2, 0.25) is 0 Å². The molecule has 70 valence electrons. The molecule has 0 fully saturated rings. The van der Waals surface area contributed by atoms with Gasteiger partial charge in [-0.25, -0.2) is 0 Å². The maximum Gasteiger partial charge on any atom is -0.0320 e. The first kappa shape index (κ1) is 11.5. The van der Waals surface area contributed by atoms with Crippen LogP contribution in [0.3, 0.4) is 0 Å². The zero-order valence-electron chi connectivity index (χ0n) is 8.93. The lowest BCUT2D eigenvalue weighted by Crippen LogP contribution is -2.05. The van der Waals surface area contributed by atoms with Crippen molar-refractivity contribution < 1.29 is 0 Å². The highest BCUT2D eigenvalue weighted by Crippen LogP contribution is 2.19. The molecule has 0 spiro atoms. The molecule has 0 rings (SSSR count). The molecule has 0 aromatic rings. The van der Waals surface area contributed by atoms with Gasteiger partial charge < -0.3 is 0 Å². The predicted molar refractivity (Wildman–Crippen MR) is 57.2 cm³/mol. The summed E-state index contributed by atoms with van der Waals surface area (Å²) in [5.74, 6) is 1.54. The molecule has 0 heteroatoms. The Hall–Kier alpha value is -0.520. The van der Waals surface area contributed by atoms with Crippen LogP contribution in [0, 0.1) is 11.8 Å². The van der Waals surface area contributed by atoms with Crippen LogP contribution in [0.25, 0.3) is 0 Å². The van der Waals surface area contributed by atoms with Crippen molar-refractivity contribution >= 4 is 0 Å². The highest BCUT2D eigenvalue weighted by Gasteiger charge is 2.08. The summed E-state index contributed by atoms with van der Waals surface area (Å²) in [6.07, 6.45) is 6.68. The van der Waals surface area contributed by atoms with Crippen molar-refractivity contribution in [3.05, 3.63) is 24.3 Å². The molecule has 0 aliphatic heterocycles. The lowest BCUT2D eigenvalue weighted by molar-refractivity contribution is 0.394. The highest BCUT2D eigenvalue weighted by molar-refractivity contribution is 4.94. The molecule has 12 heavy (non-hydrogen) atoms. The Balaban J connectivity index is 3.78. The molecule has 0 N–H and O–H groups in total. The molecule has 0 saturated carbocycles. The molecule has 0 aliphatic carbocycles. The summed E-state index contributed by atoms with van der Waals surface area (Å²) in [5, 5.41) is 0. The fourth-order valence-electron chi connectivity index (χ4n) is 1.15. The second kappa shape index (κ2) is 6.05. The van der Waals surface area contributed by atoms with Crippen LogP contribution in [-0.4, -0.2) is 0 Å². The van der Waals surface area contributed by atoms with E-state index in [1.54, 1.807) is 0 Å². The first-order valence-electron chi connectivity index (χ1n) is 4.82. The van der Waals surface area contributed by atoms with E-state index in [9.17, 15) is 0 Å². The summed E-state index contributed by atoms with van der Waals surface area (Å²) < 4.78 is 0. The summed E-state index contributed by atoms with van der Waals surface area (Å²) in [6, 6.07) is 0. The number of hydrogen-bond donors (Lipinski definition) is 0. The molecule has 0 saturated heterocycles. The molecule has 0 nitrogen and oxygen atoms in total. The van der Waals surface area contributed by atoms with E-state index in [2.05, 4.69) is 40.3 Å². The van der Waals surface area contributed by atoms with Crippen LogP contribution in [0.5, 0.6) is 0 Å². The van der Waals surface area contributed by atoms with Gasteiger partial charge in [-0.05, 0) is 38.5 Å². The molecule has 2 atom stereocenters. The van der Waals surface area contributed by atoms with E-state index in [1.807, 2.05) is 6.08 Å². The Bertz CT molecular complexity index is 149. The monoisotopic (exact) mass is 166 g/mol. The standard InChI is InChI=1S/C12H22/c1-6-7-11(4)12(5)9-8-10(2)3/h6,8,11-12H,1,7,9H2,2-5H3. The van der Waals surface area contributed by atoms with E-state index in [-0.39, 0.29) is 0 Å². The fourth-order valence-corrected chi connectivity index (χ4v) is 1.15. The van der Waals surface area contributed by atoms with Crippen LogP contribution in [0.4, 0.5) is 0 Å². The maximum atomic E-state index is 3.76. The van der Waals surface area contributed by atoms with Gasteiger partial charge in [-0.2, -0.15) is 0 Å². The minimum atomic E-state index is 0.762. The van der Waals surface area contributed by atoms with Crippen molar-refractivity contribution in [2.45, 2.75) is 40.5 Å². The van der Waals surface area contributed by atoms with E-state index in [1.165, 1.54) is 12.0 Å². The molecular formula is C12H22. The van der Waals surface area contributed by atoms with E-state index >= 15 is 0 Å². The molecule has 0 radical (unpaired) electrons. The first-order valence-corrected chi connectivity index (χ1v) is 4.82. The van der Waals surface area contributed by atoms with E-state index in [0.717, 1.165) is 18.3 Å². The number of rotatable bonds is 5. The average Bonchev–Trinajstić information content (AvgIpc) is 2.00. The molecular weight excluding hydrogens is 144 g/mol. The van der Waals surface area contributed by atoms with Gasteiger partial charge in [-0.1, -0.05) is 31.6 Å². The summed E-state index contributed by atoms with van der Waals surface area (Å²) in [4.78, 5) is 0. The molecule has 0 aliphatic rings. The first-order chi connectivity index (χ1) is 5.57. The maximum absolute atomic E-state index is 3.76. The van der Waals surface area contributed by atoms with Crippen molar-refractivity contribution in [3.63, 3.8) is 0 Å². The molecule has 2 unspecified atom stereocenters. The second-order valence-electron chi connectivity index (χ2n) is 4.00. The average molecular weight is 166 g/mol. The quantitative estimate of drug-likeness (QED) is 0.537. The third kappa shape index (κ3) is 5.17. The van der Waals surface area contributed by atoms with Crippen LogP contribution < -0.4 is 0 Å². The van der Waals surface area contributed by atoms with Crippen molar-refractivity contribution in [3.8, 4) is 0 Å². The SMILES string of the molecule is C=CCC(C)C(C)CC=C(C)C. The van der Waals surface area contributed by atoms with Gasteiger partial charge >= 0.3 is 0 Å². The van der Waals surface area contributed by atoms with Gasteiger partial charge in [0.05, 0.1) is 0 Å². The summed E-state index contributed by atoms with van der Waals surface area (Å²) in [7, 11) is 0. The van der Waals surface area contributed by atoms with E-state index in [0.29, 0.717) is 0 Å². The van der Waals surface area contributed by atoms with Crippen molar-refractivity contribution in [1.29, 1.82) is 0 Å². The van der Waals surface area contributed by atoms with Crippen molar-refractivity contribution in [2.75, 3.05) is 0 Å². The third-order valence-electron chi connectivity index (χ3n) is 2.41. The Morgan fingerprint density at radius 1 is 1.17 bits per heavy atom. The molecule has 0 amide bonds. The second-order valence-corrected chi connectivity index (χ2v) is 4.00. The van der Waals surface area contributed by atoms with Crippen LogP contribution in [0.15, 0.2) is 24.3 Å². The van der Waals surface area contributed by atoms with Crippen LogP contribution in [0.1, 0.15) is 40.5 Å². The minimum absolute atomic E-state index is 0.762. The Morgan fingerprint density at radius 3 is 2.08 bits per heavy atom. The normalized spacial score (nSPS) is 15.0.